The van der Waals surface area contributed by atoms with Crippen molar-refractivity contribution in [1.82, 2.24) is 5.32 Å². The number of aliphatic hydroxyl groups excluding tert-OH is 1. The second kappa shape index (κ2) is 6.19. The van der Waals surface area contributed by atoms with Gasteiger partial charge in [0.15, 0.2) is 6.23 Å². The average molecular weight is 333 g/mol. The Morgan fingerprint density at radius 1 is 1.15 bits per heavy atom. The van der Waals surface area contributed by atoms with Crippen molar-refractivity contribution >= 4 is 51.5 Å². The molecule has 2 N–H and O–H groups in total. The van der Waals surface area contributed by atoms with Crippen LogP contribution >= 0.6 is 34.8 Å². The highest BCUT2D eigenvalue weighted by Gasteiger charge is 2.32. The number of fused-ring (bicyclic) bond motifs is 1. The Morgan fingerprint density at radius 3 is 2.50 bits per heavy atom. The van der Waals surface area contributed by atoms with Gasteiger partial charge >= 0.3 is 0 Å². The average Bonchev–Trinajstić information content (AvgIpc) is 2.38. The minimum absolute atomic E-state index is 0.0964. The van der Waals surface area contributed by atoms with Crippen LogP contribution in [0.25, 0.3) is 10.8 Å². The molecule has 0 fully saturated rings. The fraction of sp³-hybridized carbons (Fsp3) is 0.214. The molecule has 0 saturated heterocycles. The number of benzene rings is 2. The van der Waals surface area contributed by atoms with Gasteiger partial charge in [-0.3, -0.25) is 4.79 Å². The van der Waals surface area contributed by atoms with Crippen LogP contribution in [-0.4, -0.2) is 21.0 Å². The molecule has 0 radical (unpaired) electrons. The smallest absolute Gasteiger partial charge is 0.234 e. The zero-order valence-electron chi connectivity index (χ0n) is 10.3. The molecule has 0 aromatic heterocycles. The SMILES string of the molecule is O=C(Cc1cccc2ccccc12)NC(O)C(Cl)(Cl)Cl. The predicted octanol–water partition coefficient (Wildman–Crippen LogP) is 3.19. The molecule has 2 aromatic carbocycles. The van der Waals surface area contributed by atoms with E-state index in [1.165, 1.54) is 0 Å². The summed E-state index contributed by atoms with van der Waals surface area (Å²) in [6.45, 7) is 0. The monoisotopic (exact) mass is 331 g/mol. The van der Waals surface area contributed by atoms with Crippen LogP contribution in [0.2, 0.25) is 0 Å². The minimum Gasteiger partial charge on any atom is -0.369 e. The molecule has 0 saturated carbocycles. The lowest BCUT2D eigenvalue weighted by molar-refractivity contribution is -0.123. The molecule has 0 aliphatic carbocycles. The lowest BCUT2D eigenvalue weighted by Crippen LogP contribution is -2.44. The van der Waals surface area contributed by atoms with Crippen molar-refractivity contribution in [2.45, 2.75) is 16.4 Å². The molecule has 1 amide bonds. The highest BCUT2D eigenvalue weighted by Crippen LogP contribution is 2.29. The lowest BCUT2D eigenvalue weighted by Gasteiger charge is -2.20. The number of halogens is 3. The van der Waals surface area contributed by atoms with Crippen LogP contribution in [0.4, 0.5) is 0 Å². The van der Waals surface area contributed by atoms with E-state index >= 15 is 0 Å². The van der Waals surface area contributed by atoms with Crippen LogP contribution < -0.4 is 5.32 Å². The summed E-state index contributed by atoms with van der Waals surface area (Å²) < 4.78 is -1.95. The number of carbonyl (C=O) groups is 1. The van der Waals surface area contributed by atoms with Crippen LogP contribution in [-0.2, 0) is 11.2 Å². The first-order chi connectivity index (χ1) is 9.38. The Balaban J connectivity index is 2.15. The normalized spacial score (nSPS) is 13.2. The first-order valence-corrected chi connectivity index (χ1v) is 7.02. The molecular formula is C14H12Cl3NO2. The zero-order chi connectivity index (χ0) is 14.8. The van der Waals surface area contributed by atoms with Gasteiger partial charge in [0.05, 0.1) is 6.42 Å². The summed E-state index contributed by atoms with van der Waals surface area (Å²) in [7, 11) is 0. The van der Waals surface area contributed by atoms with Gasteiger partial charge in [0.25, 0.3) is 0 Å². The standard InChI is InChI=1S/C14H12Cl3NO2/c15-14(16,17)13(20)18-12(19)8-10-6-3-5-9-4-1-2-7-11(9)10/h1-7,13,20H,8H2,(H,18,19). The third-order valence-corrected chi connectivity index (χ3v) is 3.46. The summed E-state index contributed by atoms with van der Waals surface area (Å²) >= 11 is 16.5. The number of amides is 1. The Morgan fingerprint density at radius 2 is 1.80 bits per heavy atom. The molecule has 2 aromatic rings. The third-order valence-electron chi connectivity index (χ3n) is 2.84. The number of hydrogen-bond donors (Lipinski definition) is 2. The fourth-order valence-corrected chi connectivity index (χ4v) is 2.07. The topological polar surface area (TPSA) is 49.3 Å². The van der Waals surface area contributed by atoms with Crippen LogP contribution in [0.5, 0.6) is 0 Å². The van der Waals surface area contributed by atoms with E-state index in [1.807, 2.05) is 42.5 Å². The maximum Gasteiger partial charge on any atom is 0.234 e. The second-order valence-corrected chi connectivity index (χ2v) is 6.70. The van der Waals surface area contributed by atoms with Gasteiger partial charge in [-0.25, -0.2) is 0 Å². The van der Waals surface area contributed by atoms with E-state index in [1.54, 1.807) is 0 Å². The molecule has 0 aliphatic heterocycles. The summed E-state index contributed by atoms with van der Waals surface area (Å²) in [5.74, 6) is -0.417. The largest absolute Gasteiger partial charge is 0.369 e. The van der Waals surface area contributed by atoms with Crippen molar-refractivity contribution in [1.29, 1.82) is 0 Å². The van der Waals surface area contributed by atoms with E-state index in [4.69, 9.17) is 34.8 Å². The Bertz CT molecular complexity index is 620. The Kier molecular flexibility index (Phi) is 4.76. The quantitative estimate of drug-likeness (QED) is 0.670. The molecule has 20 heavy (non-hydrogen) atoms. The predicted molar refractivity (Wildman–Crippen MR) is 82.1 cm³/mol. The summed E-state index contributed by atoms with van der Waals surface area (Å²) in [4.78, 5) is 11.9. The van der Waals surface area contributed by atoms with E-state index in [9.17, 15) is 9.90 Å². The third kappa shape index (κ3) is 3.76. The molecule has 0 heterocycles. The van der Waals surface area contributed by atoms with Gasteiger partial charge in [-0.2, -0.15) is 0 Å². The molecule has 1 atom stereocenters. The lowest BCUT2D eigenvalue weighted by atomic mass is 10.0. The molecule has 3 nitrogen and oxygen atoms in total. The van der Waals surface area contributed by atoms with Gasteiger partial charge < -0.3 is 10.4 Å². The maximum absolute atomic E-state index is 11.9. The highest BCUT2D eigenvalue weighted by molar-refractivity contribution is 6.68. The van der Waals surface area contributed by atoms with Gasteiger partial charge in [0, 0.05) is 0 Å². The van der Waals surface area contributed by atoms with Crippen molar-refractivity contribution in [2.24, 2.45) is 0 Å². The van der Waals surface area contributed by atoms with Gasteiger partial charge in [-0.1, -0.05) is 77.3 Å². The zero-order valence-corrected chi connectivity index (χ0v) is 12.6. The van der Waals surface area contributed by atoms with Crippen molar-refractivity contribution in [3.05, 3.63) is 48.0 Å². The number of rotatable bonds is 3. The van der Waals surface area contributed by atoms with E-state index < -0.39 is 15.9 Å². The minimum atomic E-state index is -1.95. The van der Waals surface area contributed by atoms with E-state index in [0.29, 0.717) is 0 Å². The van der Waals surface area contributed by atoms with Crippen LogP contribution in [0.1, 0.15) is 5.56 Å². The first kappa shape index (κ1) is 15.4. The maximum atomic E-state index is 11.9. The number of hydrogen-bond acceptors (Lipinski definition) is 2. The van der Waals surface area contributed by atoms with Crippen LogP contribution in [0.3, 0.4) is 0 Å². The molecule has 1 unspecified atom stereocenters. The Hall–Kier alpha value is -1.000. The highest BCUT2D eigenvalue weighted by atomic mass is 35.6. The second-order valence-electron chi connectivity index (χ2n) is 4.33. The molecule has 0 bridgehead atoms. The van der Waals surface area contributed by atoms with Gasteiger partial charge in [0.1, 0.15) is 0 Å². The first-order valence-electron chi connectivity index (χ1n) is 5.89. The van der Waals surface area contributed by atoms with Crippen LogP contribution in [0, 0.1) is 0 Å². The van der Waals surface area contributed by atoms with Gasteiger partial charge in [-0.15, -0.1) is 0 Å². The summed E-state index contributed by atoms with van der Waals surface area (Å²) in [5, 5.41) is 13.8. The summed E-state index contributed by atoms with van der Waals surface area (Å²) in [6, 6.07) is 13.4. The molecule has 0 aliphatic rings. The number of carbonyl (C=O) groups excluding carboxylic acids is 1. The van der Waals surface area contributed by atoms with E-state index in [2.05, 4.69) is 5.32 Å². The number of alkyl halides is 3. The summed E-state index contributed by atoms with van der Waals surface area (Å²) in [5.41, 5.74) is 0.845. The fourth-order valence-electron chi connectivity index (χ4n) is 1.90. The van der Waals surface area contributed by atoms with E-state index in [-0.39, 0.29) is 6.42 Å². The van der Waals surface area contributed by atoms with Crippen molar-refractivity contribution in [2.75, 3.05) is 0 Å². The van der Waals surface area contributed by atoms with E-state index in [0.717, 1.165) is 16.3 Å². The molecule has 6 heteroatoms. The van der Waals surface area contributed by atoms with Crippen molar-refractivity contribution < 1.29 is 9.90 Å². The van der Waals surface area contributed by atoms with Crippen molar-refractivity contribution in [3.63, 3.8) is 0 Å². The number of nitrogens with one attached hydrogen (secondary N) is 1. The van der Waals surface area contributed by atoms with Gasteiger partial charge in [-0.05, 0) is 16.3 Å². The molecule has 2 rings (SSSR count). The van der Waals surface area contributed by atoms with Crippen molar-refractivity contribution in [3.8, 4) is 0 Å². The number of aliphatic hydroxyl groups is 1. The molecular weight excluding hydrogens is 321 g/mol. The molecule has 0 spiro atoms. The Labute approximate surface area is 131 Å². The molecule has 106 valence electrons. The summed E-state index contributed by atoms with van der Waals surface area (Å²) in [6.07, 6.45) is -1.45. The van der Waals surface area contributed by atoms with Gasteiger partial charge in [0.2, 0.25) is 9.70 Å². The van der Waals surface area contributed by atoms with Crippen LogP contribution in [0.15, 0.2) is 42.5 Å².